The van der Waals surface area contributed by atoms with Gasteiger partial charge in [-0.15, -0.1) is 0 Å². The molecule has 1 aliphatic rings. The molecule has 16 heavy (non-hydrogen) atoms. The van der Waals surface area contributed by atoms with Crippen LogP contribution in [0.1, 0.15) is 37.6 Å². The van der Waals surface area contributed by atoms with Crippen molar-refractivity contribution in [2.24, 2.45) is 5.92 Å². The SMILES string of the molecule is CC(=O)c1ccc(N2CC(C)CC2C)cc1. The van der Waals surface area contributed by atoms with Crippen molar-refractivity contribution in [2.75, 3.05) is 11.4 Å². The molecule has 2 rings (SSSR count). The van der Waals surface area contributed by atoms with Gasteiger partial charge in [-0.3, -0.25) is 4.79 Å². The molecule has 2 nitrogen and oxygen atoms in total. The first kappa shape index (κ1) is 11.2. The van der Waals surface area contributed by atoms with E-state index in [0.29, 0.717) is 6.04 Å². The predicted molar refractivity (Wildman–Crippen MR) is 67.0 cm³/mol. The highest BCUT2D eigenvalue weighted by Gasteiger charge is 2.25. The van der Waals surface area contributed by atoms with Crippen LogP contribution in [0.2, 0.25) is 0 Å². The first-order valence-corrected chi connectivity index (χ1v) is 5.95. The Hall–Kier alpha value is -1.31. The van der Waals surface area contributed by atoms with Crippen LogP contribution in [-0.4, -0.2) is 18.4 Å². The third kappa shape index (κ3) is 2.11. The standard InChI is InChI=1S/C14H19NO/c1-10-8-11(2)15(9-10)14-6-4-13(5-7-14)12(3)16/h4-7,10-11H,8-9H2,1-3H3. The summed E-state index contributed by atoms with van der Waals surface area (Å²) in [6, 6.07) is 8.58. The number of carbonyl (C=O) groups is 1. The van der Waals surface area contributed by atoms with Gasteiger partial charge in [0.1, 0.15) is 0 Å². The van der Waals surface area contributed by atoms with E-state index in [1.165, 1.54) is 12.1 Å². The normalized spacial score (nSPS) is 24.8. The minimum absolute atomic E-state index is 0.134. The molecule has 0 radical (unpaired) electrons. The van der Waals surface area contributed by atoms with Crippen LogP contribution in [0.25, 0.3) is 0 Å². The van der Waals surface area contributed by atoms with Gasteiger partial charge >= 0.3 is 0 Å². The Morgan fingerprint density at radius 1 is 1.25 bits per heavy atom. The molecule has 0 spiro atoms. The van der Waals surface area contributed by atoms with Gasteiger partial charge in [0.15, 0.2) is 5.78 Å². The highest BCUT2D eigenvalue weighted by atomic mass is 16.1. The van der Waals surface area contributed by atoms with Crippen molar-refractivity contribution < 1.29 is 4.79 Å². The molecule has 1 fully saturated rings. The Morgan fingerprint density at radius 3 is 2.31 bits per heavy atom. The van der Waals surface area contributed by atoms with Crippen molar-refractivity contribution in [3.05, 3.63) is 29.8 Å². The van der Waals surface area contributed by atoms with E-state index in [1.54, 1.807) is 6.92 Å². The van der Waals surface area contributed by atoms with Crippen molar-refractivity contribution in [3.63, 3.8) is 0 Å². The Kier molecular flexibility index (Phi) is 2.99. The van der Waals surface area contributed by atoms with Gasteiger partial charge in [0, 0.05) is 23.8 Å². The average Bonchev–Trinajstić information content (AvgIpc) is 2.58. The fourth-order valence-electron chi connectivity index (χ4n) is 2.55. The van der Waals surface area contributed by atoms with Crippen LogP contribution in [0.5, 0.6) is 0 Å². The molecule has 2 atom stereocenters. The molecular weight excluding hydrogens is 198 g/mol. The molecule has 1 saturated heterocycles. The van der Waals surface area contributed by atoms with Crippen molar-refractivity contribution in [1.82, 2.24) is 0 Å². The van der Waals surface area contributed by atoms with Gasteiger partial charge in [0.05, 0.1) is 0 Å². The lowest BCUT2D eigenvalue weighted by Crippen LogP contribution is -2.26. The van der Waals surface area contributed by atoms with Crippen LogP contribution in [0.15, 0.2) is 24.3 Å². The number of hydrogen-bond acceptors (Lipinski definition) is 2. The van der Waals surface area contributed by atoms with E-state index in [1.807, 2.05) is 12.1 Å². The first-order chi connectivity index (χ1) is 7.58. The zero-order chi connectivity index (χ0) is 11.7. The van der Waals surface area contributed by atoms with E-state index in [0.717, 1.165) is 18.0 Å². The molecule has 0 saturated carbocycles. The third-order valence-corrected chi connectivity index (χ3v) is 3.39. The summed E-state index contributed by atoms with van der Waals surface area (Å²) in [5, 5.41) is 0. The fraction of sp³-hybridized carbons (Fsp3) is 0.500. The Labute approximate surface area is 97.3 Å². The fourth-order valence-corrected chi connectivity index (χ4v) is 2.55. The minimum atomic E-state index is 0.134. The summed E-state index contributed by atoms with van der Waals surface area (Å²) >= 11 is 0. The van der Waals surface area contributed by atoms with E-state index in [4.69, 9.17) is 0 Å². The molecule has 2 unspecified atom stereocenters. The number of benzene rings is 1. The largest absolute Gasteiger partial charge is 0.369 e. The second-order valence-electron chi connectivity index (χ2n) is 4.95. The zero-order valence-corrected chi connectivity index (χ0v) is 10.2. The minimum Gasteiger partial charge on any atom is -0.369 e. The summed E-state index contributed by atoms with van der Waals surface area (Å²) < 4.78 is 0. The Balaban J connectivity index is 2.19. The van der Waals surface area contributed by atoms with Gasteiger partial charge < -0.3 is 4.90 Å². The second-order valence-corrected chi connectivity index (χ2v) is 4.95. The maximum Gasteiger partial charge on any atom is 0.159 e. The van der Waals surface area contributed by atoms with Crippen LogP contribution in [0.4, 0.5) is 5.69 Å². The lowest BCUT2D eigenvalue weighted by Gasteiger charge is -2.23. The molecule has 1 aliphatic heterocycles. The number of carbonyl (C=O) groups excluding carboxylic acids is 1. The topological polar surface area (TPSA) is 20.3 Å². The van der Waals surface area contributed by atoms with Gasteiger partial charge in [-0.2, -0.15) is 0 Å². The van der Waals surface area contributed by atoms with Gasteiger partial charge in [-0.25, -0.2) is 0 Å². The van der Waals surface area contributed by atoms with Crippen molar-refractivity contribution >= 4 is 11.5 Å². The molecule has 0 bridgehead atoms. The molecule has 2 heteroatoms. The Bertz CT molecular complexity index is 382. The smallest absolute Gasteiger partial charge is 0.159 e. The van der Waals surface area contributed by atoms with Gasteiger partial charge in [0.25, 0.3) is 0 Å². The molecule has 1 heterocycles. The van der Waals surface area contributed by atoms with E-state index < -0.39 is 0 Å². The average molecular weight is 217 g/mol. The first-order valence-electron chi connectivity index (χ1n) is 5.95. The number of Topliss-reactive ketones (excluding diaryl/α,β-unsaturated/α-hetero) is 1. The third-order valence-electron chi connectivity index (χ3n) is 3.39. The summed E-state index contributed by atoms with van der Waals surface area (Å²) in [6.45, 7) is 7.29. The zero-order valence-electron chi connectivity index (χ0n) is 10.2. The predicted octanol–water partition coefficient (Wildman–Crippen LogP) is 3.12. The highest BCUT2D eigenvalue weighted by molar-refractivity contribution is 5.94. The maximum absolute atomic E-state index is 11.2. The summed E-state index contributed by atoms with van der Waals surface area (Å²) in [7, 11) is 0. The summed E-state index contributed by atoms with van der Waals surface area (Å²) in [6.07, 6.45) is 1.26. The number of ketones is 1. The van der Waals surface area contributed by atoms with Crippen LogP contribution >= 0.6 is 0 Å². The molecule has 86 valence electrons. The molecule has 1 aromatic carbocycles. The monoisotopic (exact) mass is 217 g/mol. The molecule has 0 aliphatic carbocycles. The van der Waals surface area contributed by atoms with Gasteiger partial charge in [0.2, 0.25) is 0 Å². The summed E-state index contributed by atoms with van der Waals surface area (Å²) in [4.78, 5) is 13.6. The van der Waals surface area contributed by atoms with Crippen LogP contribution in [0.3, 0.4) is 0 Å². The molecule has 0 aromatic heterocycles. The number of rotatable bonds is 2. The molecule has 0 amide bonds. The summed E-state index contributed by atoms with van der Waals surface area (Å²) in [5.74, 6) is 0.900. The van der Waals surface area contributed by atoms with Crippen molar-refractivity contribution in [2.45, 2.75) is 33.2 Å². The van der Waals surface area contributed by atoms with E-state index >= 15 is 0 Å². The van der Waals surface area contributed by atoms with Crippen LogP contribution in [-0.2, 0) is 0 Å². The van der Waals surface area contributed by atoms with Crippen LogP contribution < -0.4 is 4.90 Å². The highest BCUT2D eigenvalue weighted by Crippen LogP contribution is 2.28. The number of nitrogens with zero attached hydrogens (tertiary/aromatic N) is 1. The second kappa shape index (κ2) is 4.28. The van der Waals surface area contributed by atoms with Gasteiger partial charge in [-0.1, -0.05) is 6.92 Å². The molecular formula is C14H19NO. The van der Waals surface area contributed by atoms with Crippen LogP contribution in [0, 0.1) is 5.92 Å². The molecule has 0 N–H and O–H groups in total. The summed E-state index contributed by atoms with van der Waals surface area (Å²) in [5.41, 5.74) is 2.03. The Morgan fingerprint density at radius 2 is 1.88 bits per heavy atom. The van der Waals surface area contributed by atoms with E-state index in [2.05, 4.69) is 30.9 Å². The number of anilines is 1. The molecule has 1 aromatic rings. The maximum atomic E-state index is 11.2. The number of hydrogen-bond donors (Lipinski definition) is 0. The van der Waals surface area contributed by atoms with Crippen molar-refractivity contribution in [3.8, 4) is 0 Å². The quantitative estimate of drug-likeness (QED) is 0.709. The van der Waals surface area contributed by atoms with E-state index in [-0.39, 0.29) is 5.78 Å². The van der Waals surface area contributed by atoms with Gasteiger partial charge in [-0.05, 0) is 50.5 Å². The lowest BCUT2D eigenvalue weighted by atomic mass is 10.1. The lowest BCUT2D eigenvalue weighted by molar-refractivity contribution is 0.101. The van der Waals surface area contributed by atoms with E-state index in [9.17, 15) is 4.79 Å². The van der Waals surface area contributed by atoms with Crippen molar-refractivity contribution in [1.29, 1.82) is 0 Å².